The van der Waals surface area contributed by atoms with Gasteiger partial charge in [0.2, 0.25) is 30.5 Å². The molecule has 3 atom stereocenters. The van der Waals surface area contributed by atoms with Gasteiger partial charge in [-0.1, -0.05) is 45.1 Å². The summed E-state index contributed by atoms with van der Waals surface area (Å²) in [5.74, 6) is 0.413. The standard InChI is InChI=1S/C33H43FN8O4/c1-21(2)30(35)31(44)37-18-29(43)46-20-45-28-11-14-36-32(39-28)40(4)24-12-15-41(16-13-24)33-38-26-7-5-6-8-27(26)42(33)19-23-9-10-25(34)22(3)17-23/h5-11,14,17,21-22,24-25,30H,12-13,15-16,18-20,35H2,1-4H3,(H,37,44). The van der Waals surface area contributed by atoms with Crippen LogP contribution in [0.2, 0.25) is 0 Å². The number of allylic oxidation sites excluding steroid dienone is 4. The number of para-hydroxylation sites is 2. The zero-order valence-corrected chi connectivity index (χ0v) is 26.8. The van der Waals surface area contributed by atoms with Crippen LogP contribution in [0.1, 0.15) is 33.6 Å². The molecule has 246 valence electrons. The number of nitrogens with two attached hydrogens (primary N) is 1. The second-order valence-corrected chi connectivity index (χ2v) is 12.2. The van der Waals surface area contributed by atoms with E-state index in [1.807, 2.05) is 63.1 Å². The number of hydrogen-bond donors (Lipinski definition) is 2. The number of esters is 1. The summed E-state index contributed by atoms with van der Waals surface area (Å²) in [5.41, 5.74) is 8.84. The van der Waals surface area contributed by atoms with Crippen LogP contribution < -0.4 is 25.6 Å². The number of piperidine rings is 1. The van der Waals surface area contributed by atoms with Gasteiger partial charge in [0.1, 0.15) is 12.7 Å². The largest absolute Gasteiger partial charge is 0.440 e. The lowest BCUT2D eigenvalue weighted by atomic mass is 9.96. The van der Waals surface area contributed by atoms with E-state index in [0.29, 0.717) is 12.5 Å². The molecule has 0 radical (unpaired) electrons. The summed E-state index contributed by atoms with van der Waals surface area (Å²) in [7, 11) is 1.96. The first-order chi connectivity index (χ1) is 22.1. The molecule has 46 heavy (non-hydrogen) atoms. The average molecular weight is 635 g/mol. The maximum atomic E-state index is 14.1. The van der Waals surface area contributed by atoms with E-state index >= 15 is 0 Å². The first-order valence-corrected chi connectivity index (χ1v) is 15.7. The van der Waals surface area contributed by atoms with Gasteiger partial charge in [-0.25, -0.2) is 14.4 Å². The highest BCUT2D eigenvalue weighted by Crippen LogP contribution is 2.30. The number of benzene rings is 1. The molecule has 3 N–H and O–H groups in total. The van der Waals surface area contributed by atoms with Crippen molar-refractivity contribution < 1.29 is 23.5 Å². The van der Waals surface area contributed by atoms with E-state index in [2.05, 4.69) is 30.8 Å². The summed E-state index contributed by atoms with van der Waals surface area (Å²) in [4.78, 5) is 42.2. The maximum Gasteiger partial charge on any atom is 0.328 e. The number of imidazole rings is 1. The number of aromatic nitrogens is 4. The zero-order chi connectivity index (χ0) is 32.8. The number of carbonyl (C=O) groups is 2. The van der Waals surface area contributed by atoms with Crippen molar-refractivity contribution in [3.8, 4) is 5.88 Å². The Morgan fingerprint density at radius 1 is 1.17 bits per heavy atom. The lowest BCUT2D eigenvalue weighted by Crippen LogP contribution is -2.45. The third-order valence-corrected chi connectivity index (χ3v) is 8.53. The predicted molar refractivity (Wildman–Crippen MR) is 174 cm³/mol. The summed E-state index contributed by atoms with van der Waals surface area (Å²) in [6.45, 7) is 7.10. The van der Waals surface area contributed by atoms with Crippen LogP contribution in [0.4, 0.5) is 16.3 Å². The highest BCUT2D eigenvalue weighted by Gasteiger charge is 2.28. The van der Waals surface area contributed by atoms with Gasteiger partial charge in [-0.15, -0.1) is 0 Å². The van der Waals surface area contributed by atoms with Gasteiger partial charge in [0.25, 0.3) is 0 Å². The molecule has 2 aliphatic rings. The van der Waals surface area contributed by atoms with Gasteiger partial charge in [-0.2, -0.15) is 4.98 Å². The van der Waals surface area contributed by atoms with Gasteiger partial charge >= 0.3 is 5.97 Å². The van der Waals surface area contributed by atoms with Crippen LogP contribution in [-0.4, -0.2) is 83.1 Å². The van der Waals surface area contributed by atoms with Crippen molar-refractivity contribution in [3.63, 3.8) is 0 Å². The van der Waals surface area contributed by atoms with E-state index in [-0.39, 0.29) is 37.1 Å². The highest BCUT2D eigenvalue weighted by atomic mass is 19.1. The normalized spacial score (nSPS) is 19.2. The van der Waals surface area contributed by atoms with Crippen molar-refractivity contribution in [2.75, 3.05) is 43.3 Å². The van der Waals surface area contributed by atoms with E-state index in [1.54, 1.807) is 18.3 Å². The van der Waals surface area contributed by atoms with E-state index in [0.717, 1.165) is 48.5 Å². The summed E-state index contributed by atoms with van der Waals surface area (Å²) >= 11 is 0. The fourth-order valence-corrected chi connectivity index (χ4v) is 5.61. The van der Waals surface area contributed by atoms with Gasteiger partial charge in [0, 0.05) is 44.4 Å². The molecule has 1 aliphatic carbocycles. The first kappa shape index (κ1) is 32.9. The van der Waals surface area contributed by atoms with E-state index in [9.17, 15) is 14.0 Å². The Kier molecular flexibility index (Phi) is 10.5. The molecule has 13 heteroatoms. The summed E-state index contributed by atoms with van der Waals surface area (Å²) < 4.78 is 26.9. The molecule has 1 aromatic carbocycles. The number of halogens is 1. The molecular formula is C33H43FN8O4. The number of nitrogens with zero attached hydrogens (tertiary/aromatic N) is 6. The van der Waals surface area contributed by atoms with E-state index < -0.39 is 24.1 Å². The van der Waals surface area contributed by atoms with Crippen molar-refractivity contribution in [1.29, 1.82) is 0 Å². The van der Waals surface area contributed by atoms with Crippen LogP contribution in [-0.2, 0) is 20.9 Å². The second-order valence-electron chi connectivity index (χ2n) is 12.2. The SMILES string of the molecule is CC(C)C(N)C(=O)NCC(=O)OCOc1ccnc(N(C)C2CCN(c3nc4ccccc4n3CC3=CC(C)C(F)C=C3)CC2)n1. The number of anilines is 2. The van der Waals surface area contributed by atoms with Crippen LogP contribution in [0, 0.1) is 11.8 Å². The number of rotatable bonds is 12. The number of hydrogen-bond acceptors (Lipinski definition) is 10. The third kappa shape index (κ3) is 7.82. The number of fused-ring (bicyclic) bond motifs is 1. The Labute approximate surface area is 268 Å². The molecular weight excluding hydrogens is 591 g/mol. The van der Waals surface area contributed by atoms with Crippen molar-refractivity contribution in [3.05, 3.63) is 60.3 Å². The number of nitrogens with one attached hydrogen (secondary N) is 1. The number of amides is 1. The van der Waals surface area contributed by atoms with E-state index in [4.69, 9.17) is 20.2 Å². The minimum atomic E-state index is -0.951. The van der Waals surface area contributed by atoms with Crippen LogP contribution in [0.15, 0.2) is 60.3 Å². The van der Waals surface area contributed by atoms with E-state index in [1.165, 1.54) is 0 Å². The summed E-state index contributed by atoms with van der Waals surface area (Å²) in [6.07, 6.45) is 7.91. The van der Waals surface area contributed by atoms with Crippen molar-refractivity contribution >= 4 is 34.8 Å². The van der Waals surface area contributed by atoms with Gasteiger partial charge in [0.05, 0.1) is 23.6 Å². The van der Waals surface area contributed by atoms with Gasteiger partial charge in [-0.3, -0.25) is 9.59 Å². The average Bonchev–Trinajstić information content (AvgIpc) is 3.42. The Bertz CT molecular complexity index is 1580. The molecule has 0 saturated carbocycles. The second kappa shape index (κ2) is 14.7. The summed E-state index contributed by atoms with van der Waals surface area (Å²) in [5, 5.41) is 2.46. The fraction of sp³-hybridized carbons (Fsp3) is 0.485. The van der Waals surface area contributed by atoms with Crippen molar-refractivity contribution in [2.45, 2.75) is 58.4 Å². The maximum absolute atomic E-state index is 14.1. The Morgan fingerprint density at radius 3 is 2.67 bits per heavy atom. The van der Waals surface area contributed by atoms with Gasteiger partial charge in [-0.05, 0) is 42.5 Å². The topological polar surface area (TPSA) is 141 Å². The van der Waals surface area contributed by atoms with Gasteiger partial charge < -0.3 is 34.9 Å². The minimum Gasteiger partial charge on any atom is -0.440 e. The molecule has 0 spiro atoms. The minimum absolute atomic E-state index is 0.0494. The Morgan fingerprint density at radius 2 is 1.93 bits per heavy atom. The number of carbonyl (C=O) groups excluding carboxylic acids is 2. The molecule has 1 amide bonds. The predicted octanol–water partition coefficient (Wildman–Crippen LogP) is 3.38. The molecule has 1 fully saturated rings. The molecule has 1 aliphatic heterocycles. The molecule has 3 unspecified atom stereocenters. The smallest absolute Gasteiger partial charge is 0.328 e. The molecule has 1 saturated heterocycles. The fourth-order valence-electron chi connectivity index (χ4n) is 5.61. The Balaban J connectivity index is 1.16. The van der Waals surface area contributed by atoms with Gasteiger partial charge in [0.15, 0.2) is 0 Å². The molecule has 5 rings (SSSR count). The third-order valence-electron chi connectivity index (χ3n) is 8.53. The zero-order valence-electron chi connectivity index (χ0n) is 26.8. The van der Waals surface area contributed by atoms with Crippen LogP contribution in [0.25, 0.3) is 11.0 Å². The molecule has 12 nitrogen and oxygen atoms in total. The lowest BCUT2D eigenvalue weighted by Gasteiger charge is -2.37. The number of ether oxygens (including phenoxy) is 2. The molecule has 2 aromatic heterocycles. The van der Waals surface area contributed by atoms with Crippen LogP contribution >= 0.6 is 0 Å². The lowest BCUT2D eigenvalue weighted by molar-refractivity contribution is -0.150. The van der Waals surface area contributed by atoms with Crippen LogP contribution in [0.3, 0.4) is 0 Å². The summed E-state index contributed by atoms with van der Waals surface area (Å²) in [6, 6.07) is 9.19. The highest BCUT2D eigenvalue weighted by molar-refractivity contribution is 5.85. The molecule has 3 aromatic rings. The molecule has 0 bridgehead atoms. The van der Waals surface area contributed by atoms with Crippen molar-refractivity contribution in [1.82, 2.24) is 24.8 Å². The van der Waals surface area contributed by atoms with Crippen molar-refractivity contribution in [2.24, 2.45) is 17.6 Å². The monoisotopic (exact) mass is 634 g/mol. The quantitative estimate of drug-likeness (QED) is 0.225. The van der Waals surface area contributed by atoms with Crippen LogP contribution in [0.5, 0.6) is 5.88 Å². The number of alkyl halides is 1. The first-order valence-electron chi connectivity index (χ1n) is 15.7. The Hall–Kier alpha value is -4.52. The molecule has 3 heterocycles.